The Morgan fingerprint density at radius 3 is 2.43 bits per heavy atom. The Bertz CT molecular complexity index is 810. The lowest BCUT2D eigenvalue weighted by Crippen LogP contribution is -1.99. The molecule has 0 saturated heterocycles. The highest BCUT2D eigenvalue weighted by Gasteiger charge is 2.09. The van der Waals surface area contributed by atoms with E-state index in [1.54, 1.807) is 19.4 Å². The molecule has 3 aromatic rings. The minimum Gasteiger partial charge on any atom is -0.496 e. The average molecular weight is 279 g/mol. The van der Waals surface area contributed by atoms with Gasteiger partial charge in [-0.1, -0.05) is 30.3 Å². The first-order chi connectivity index (χ1) is 10.2. The third-order valence-corrected chi connectivity index (χ3v) is 3.40. The van der Waals surface area contributed by atoms with Crippen molar-refractivity contribution in [1.82, 2.24) is 4.98 Å². The fourth-order valence-corrected chi connectivity index (χ4v) is 2.38. The van der Waals surface area contributed by atoms with Crippen molar-refractivity contribution in [3.8, 4) is 16.9 Å². The minimum atomic E-state index is -1.03. The maximum Gasteiger partial charge on any atom is 0.354 e. The number of hydrogen-bond donors (Lipinski definition) is 1. The lowest BCUT2D eigenvalue weighted by molar-refractivity contribution is 0.0690. The van der Waals surface area contributed by atoms with E-state index in [9.17, 15) is 4.79 Å². The van der Waals surface area contributed by atoms with Crippen molar-refractivity contribution >= 4 is 16.7 Å². The SMILES string of the molecule is COc1ccc(-c2ccc(C(=O)O)nc2)c2ccccc12. The maximum absolute atomic E-state index is 10.9. The summed E-state index contributed by atoms with van der Waals surface area (Å²) in [4.78, 5) is 14.8. The van der Waals surface area contributed by atoms with Gasteiger partial charge in [0.15, 0.2) is 0 Å². The molecule has 4 nitrogen and oxygen atoms in total. The first-order valence-corrected chi connectivity index (χ1v) is 6.46. The summed E-state index contributed by atoms with van der Waals surface area (Å²) in [6, 6.07) is 15.1. The first kappa shape index (κ1) is 13.1. The van der Waals surface area contributed by atoms with Crippen LogP contribution >= 0.6 is 0 Å². The van der Waals surface area contributed by atoms with Crippen LogP contribution in [-0.4, -0.2) is 23.2 Å². The van der Waals surface area contributed by atoms with E-state index in [0.717, 1.165) is 27.6 Å². The van der Waals surface area contributed by atoms with Crippen LogP contribution < -0.4 is 4.74 Å². The van der Waals surface area contributed by atoms with Gasteiger partial charge in [0.25, 0.3) is 0 Å². The smallest absolute Gasteiger partial charge is 0.354 e. The van der Waals surface area contributed by atoms with Gasteiger partial charge in [0.1, 0.15) is 11.4 Å². The van der Waals surface area contributed by atoms with Crippen LogP contribution in [0.1, 0.15) is 10.5 Å². The summed E-state index contributed by atoms with van der Waals surface area (Å²) < 4.78 is 5.38. The minimum absolute atomic E-state index is 0.0385. The molecule has 0 spiro atoms. The quantitative estimate of drug-likeness (QED) is 0.795. The monoisotopic (exact) mass is 279 g/mol. The van der Waals surface area contributed by atoms with Crippen molar-refractivity contribution in [1.29, 1.82) is 0 Å². The van der Waals surface area contributed by atoms with Crippen molar-refractivity contribution < 1.29 is 14.6 Å². The van der Waals surface area contributed by atoms with Gasteiger partial charge in [0.05, 0.1) is 7.11 Å². The van der Waals surface area contributed by atoms with Crippen LogP contribution in [-0.2, 0) is 0 Å². The number of fused-ring (bicyclic) bond motifs is 1. The zero-order chi connectivity index (χ0) is 14.8. The molecular formula is C17H13NO3. The standard InChI is InChI=1S/C17H13NO3/c1-21-16-9-7-12(13-4-2-3-5-14(13)16)11-6-8-15(17(19)20)18-10-11/h2-10H,1H3,(H,19,20). The molecule has 0 saturated carbocycles. The molecule has 0 radical (unpaired) electrons. The Balaban J connectivity index is 2.18. The molecule has 104 valence electrons. The molecule has 0 aliphatic carbocycles. The van der Waals surface area contributed by atoms with Crippen molar-refractivity contribution in [3.05, 3.63) is 60.4 Å². The fourth-order valence-electron chi connectivity index (χ4n) is 2.38. The lowest BCUT2D eigenvalue weighted by Gasteiger charge is -2.10. The van der Waals surface area contributed by atoms with Gasteiger partial charge in [-0.25, -0.2) is 9.78 Å². The molecule has 2 aromatic carbocycles. The predicted molar refractivity (Wildman–Crippen MR) is 80.7 cm³/mol. The van der Waals surface area contributed by atoms with Gasteiger partial charge >= 0.3 is 5.97 Å². The Hall–Kier alpha value is -2.88. The molecule has 0 bridgehead atoms. The van der Waals surface area contributed by atoms with E-state index in [4.69, 9.17) is 9.84 Å². The summed E-state index contributed by atoms with van der Waals surface area (Å²) >= 11 is 0. The van der Waals surface area contributed by atoms with E-state index < -0.39 is 5.97 Å². The number of carboxylic acid groups (broad SMARTS) is 1. The molecule has 0 fully saturated rings. The molecule has 0 aliphatic rings. The topological polar surface area (TPSA) is 59.4 Å². The van der Waals surface area contributed by atoms with E-state index >= 15 is 0 Å². The molecule has 3 rings (SSSR count). The second-order valence-corrected chi connectivity index (χ2v) is 4.60. The highest BCUT2D eigenvalue weighted by atomic mass is 16.5. The second-order valence-electron chi connectivity index (χ2n) is 4.60. The predicted octanol–water partition coefficient (Wildman–Crippen LogP) is 3.61. The van der Waals surface area contributed by atoms with Crippen LogP contribution in [0.2, 0.25) is 0 Å². The number of ether oxygens (including phenoxy) is 1. The summed E-state index contributed by atoms with van der Waals surface area (Å²) in [6.45, 7) is 0. The summed E-state index contributed by atoms with van der Waals surface area (Å²) in [5.41, 5.74) is 1.91. The fraction of sp³-hybridized carbons (Fsp3) is 0.0588. The normalized spacial score (nSPS) is 10.5. The number of nitrogens with zero attached hydrogens (tertiary/aromatic N) is 1. The Morgan fingerprint density at radius 1 is 1.05 bits per heavy atom. The van der Waals surface area contributed by atoms with Crippen molar-refractivity contribution in [2.75, 3.05) is 7.11 Å². The third-order valence-electron chi connectivity index (χ3n) is 3.40. The van der Waals surface area contributed by atoms with E-state index in [0.29, 0.717) is 0 Å². The number of carbonyl (C=O) groups is 1. The van der Waals surface area contributed by atoms with Crippen LogP contribution in [0.4, 0.5) is 0 Å². The highest BCUT2D eigenvalue weighted by Crippen LogP contribution is 2.33. The molecule has 0 aliphatic heterocycles. The van der Waals surface area contributed by atoms with Crippen LogP contribution in [0.3, 0.4) is 0 Å². The molecule has 1 aromatic heterocycles. The van der Waals surface area contributed by atoms with Gasteiger partial charge in [0, 0.05) is 17.1 Å². The lowest BCUT2D eigenvalue weighted by atomic mass is 9.98. The number of aromatic carboxylic acids is 1. The largest absolute Gasteiger partial charge is 0.496 e. The van der Waals surface area contributed by atoms with E-state index in [2.05, 4.69) is 4.98 Å². The van der Waals surface area contributed by atoms with Gasteiger partial charge in [-0.3, -0.25) is 0 Å². The maximum atomic E-state index is 10.9. The Kier molecular flexibility index (Phi) is 3.28. The summed E-state index contributed by atoms with van der Waals surface area (Å²) in [7, 11) is 1.64. The summed E-state index contributed by atoms with van der Waals surface area (Å²) in [5, 5.41) is 11.0. The van der Waals surface area contributed by atoms with Gasteiger partial charge in [-0.15, -0.1) is 0 Å². The first-order valence-electron chi connectivity index (χ1n) is 6.46. The number of carboxylic acids is 1. The zero-order valence-corrected chi connectivity index (χ0v) is 11.4. The Labute approximate surface area is 121 Å². The van der Waals surface area contributed by atoms with Gasteiger partial charge in [-0.2, -0.15) is 0 Å². The van der Waals surface area contributed by atoms with Gasteiger partial charge in [0.2, 0.25) is 0 Å². The number of benzene rings is 2. The molecule has 1 N–H and O–H groups in total. The van der Waals surface area contributed by atoms with Crippen LogP contribution in [0, 0.1) is 0 Å². The molecule has 0 unspecified atom stereocenters. The van der Waals surface area contributed by atoms with Crippen LogP contribution in [0.15, 0.2) is 54.7 Å². The van der Waals surface area contributed by atoms with Crippen LogP contribution in [0.25, 0.3) is 21.9 Å². The number of hydrogen-bond acceptors (Lipinski definition) is 3. The molecule has 0 atom stereocenters. The number of aromatic nitrogens is 1. The number of pyridine rings is 1. The van der Waals surface area contributed by atoms with Gasteiger partial charge in [-0.05, 0) is 29.1 Å². The number of rotatable bonds is 3. The third kappa shape index (κ3) is 2.31. The highest BCUT2D eigenvalue weighted by molar-refractivity contribution is 6.00. The zero-order valence-electron chi connectivity index (χ0n) is 11.4. The van der Waals surface area contributed by atoms with Crippen molar-refractivity contribution in [3.63, 3.8) is 0 Å². The Morgan fingerprint density at radius 2 is 1.81 bits per heavy atom. The van der Waals surface area contributed by atoms with Crippen molar-refractivity contribution in [2.45, 2.75) is 0 Å². The number of methoxy groups -OCH3 is 1. The molecule has 21 heavy (non-hydrogen) atoms. The average Bonchev–Trinajstić information content (AvgIpc) is 2.54. The van der Waals surface area contributed by atoms with E-state index in [1.165, 1.54) is 6.07 Å². The summed E-state index contributed by atoms with van der Waals surface area (Å²) in [5.74, 6) is -0.217. The van der Waals surface area contributed by atoms with Crippen molar-refractivity contribution in [2.24, 2.45) is 0 Å². The second kappa shape index (κ2) is 5.25. The summed E-state index contributed by atoms with van der Waals surface area (Å²) in [6.07, 6.45) is 1.58. The molecule has 4 heteroatoms. The van der Waals surface area contributed by atoms with Crippen LogP contribution in [0.5, 0.6) is 5.75 Å². The molecular weight excluding hydrogens is 266 g/mol. The van der Waals surface area contributed by atoms with Gasteiger partial charge < -0.3 is 9.84 Å². The molecule has 1 heterocycles. The molecule has 0 amide bonds. The van der Waals surface area contributed by atoms with E-state index in [1.807, 2.05) is 36.4 Å². The van der Waals surface area contributed by atoms with E-state index in [-0.39, 0.29) is 5.69 Å².